The van der Waals surface area contributed by atoms with E-state index in [-0.39, 0.29) is 34.1 Å². The molecule has 0 spiro atoms. The Bertz CT molecular complexity index is 1090. The molecule has 1 aliphatic heterocycles. The van der Waals surface area contributed by atoms with E-state index in [1.807, 2.05) is 0 Å². The molecule has 2 atom stereocenters. The van der Waals surface area contributed by atoms with Gasteiger partial charge in [0.15, 0.2) is 11.9 Å². The number of nitrogens with two attached hydrogens (primary N) is 1. The highest BCUT2D eigenvalue weighted by atomic mass is 35.5. The second-order valence-corrected chi connectivity index (χ2v) is 7.87. The van der Waals surface area contributed by atoms with Crippen LogP contribution in [0.2, 0.25) is 5.02 Å². The fourth-order valence-electron chi connectivity index (χ4n) is 3.46. The van der Waals surface area contributed by atoms with Gasteiger partial charge in [0.1, 0.15) is 11.5 Å². The highest BCUT2D eigenvalue weighted by molar-refractivity contribution is 6.31. The number of aromatic nitrogens is 2. The quantitative estimate of drug-likeness (QED) is 0.521. The van der Waals surface area contributed by atoms with Crippen molar-refractivity contribution in [3.8, 4) is 5.88 Å². The second-order valence-electron chi connectivity index (χ2n) is 7.46. The number of hydrogen-bond donors (Lipinski definition) is 1. The number of carbonyl (C=O) groups excluding carboxylic acids is 1. The number of halogens is 5. The van der Waals surface area contributed by atoms with Gasteiger partial charge in [0, 0.05) is 18.4 Å². The number of benzene rings is 1. The zero-order valence-corrected chi connectivity index (χ0v) is 18.0. The molecule has 1 aromatic carbocycles. The molecule has 0 unspecified atom stereocenters. The Morgan fingerprint density at radius 2 is 2.09 bits per heavy atom. The fraction of sp³-hybridized carbons (Fsp3) is 0.400. The van der Waals surface area contributed by atoms with E-state index in [9.17, 15) is 22.4 Å². The molecule has 0 bridgehead atoms. The van der Waals surface area contributed by atoms with Crippen molar-refractivity contribution in [1.29, 1.82) is 0 Å². The van der Waals surface area contributed by atoms with Crippen LogP contribution in [-0.4, -0.2) is 41.2 Å². The zero-order chi connectivity index (χ0) is 23.8. The normalized spacial score (nSPS) is 21.0. The molecule has 0 saturated heterocycles. The van der Waals surface area contributed by atoms with Crippen LogP contribution < -0.4 is 10.5 Å². The number of carbonyl (C=O) groups is 1. The molecule has 0 fully saturated rings. The Balaban J connectivity index is 1.98. The summed E-state index contributed by atoms with van der Waals surface area (Å²) in [5, 5.41) is -0.368. The van der Waals surface area contributed by atoms with Crippen LogP contribution >= 0.6 is 11.6 Å². The van der Waals surface area contributed by atoms with Gasteiger partial charge in [0.25, 0.3) is 6.02 Å². The lowest BCUT2D eigenvalue weighted by atomic mass is 9.84. The SMILES string of the molecule is COc1cnc(C(=O)Cc2cc(Cl)c(F)c([C@]3(C)C[C@@H](C(F)(F)F)OC(N)=N3)c2)c(C)n1. The maximum atomic E-state index is 14.9. The summed E-state index contributed by atoms with van der Waals surface area (Å²) in [6, 6.07) is 1.75. The average molecular weight is 475 g/mol. The monoisotopic (exact) mass is 474 g/mol. The number of Topliss-reactive ketones (excluding diaryl/α,β-unsaturated/α-hetero) is 1. The molecule has 1 aromatic heterocycles. The molecule has 2 heterocycles. The highest BCUT2D eigenvalue weighted by Gasteiger charge is 2.50. The molecule has 0 amide bonds. The first kappa shape index (κ1) is 23.7. The molecule has 0 radical (unpaired) electrons. The van der Waals surface area contributed by atoms with E-state index in [2.05, 4.69) is 19.7 Å². The van der Waals surface area contributed by atoms with E-state index in [1.165, 1.54) is 32.4 Å². The third kappa shape index (κ3) is 4.77. The van der Waals surface area contributed by atoms with Gasteiger partial charge in [-0.2, -0.15) is 13.2 Å². The van der Waals surface area contributed by atoms with Crippen molar-refractivity contribution in [2.24, 2.45) is 10.7 Å². The second kappa shape index (κ2) is 8.53. The summed E-state index contributed by atoms with van der Waals surface area (Å²) in [7, 11) is 1.41. The minimum absolute atomic E-state index is 0.0736. The summed E-state index contributed by atoms with van der Waals surface area (Å²) in [5.74, 6) is -1.17. The van der Waals surface area contributed by atoms with E-state index in [4.69, 9.17) is 22.1 Å². The van der Waals surface area contributed by atoms with E-state index in [0.29, 0.717) is 5.69 Å². The Morgan fingerprint density at radius 1 is 1.41 bits per heavy atom. The van der Waals surface area contributed by atoms with Crippen molar-refractivity contribution in [2.45, 2.75) is 44.5 Å². The van der Waals surface area contributed by atoms with Gasteiger partial charge in [-0.1, -0.05) is 11.6 Å². The van der Waals surface area contributed by atoms with E-state index in [1.54, 1.807) is 6.92 Å². The standard InChI is InChI=1S/C20H19ClF4N4O3/c1-9-17(27-8-15(28-9)31-3)13(30)6-10-4-11(16(22)12(21)5-10)19(2)7-14(20(23,24)25)32-18(26)29-19/h4-5,8,14H,6-7H2,1-3H3,(H2,26,29)/t14-,19-/m0/s1. The van der Waals surface area contributed by atoms with Crippen molar-refractivity contribution in [3.63, 3.8) is 0 Å². The van der Waals surface area contributed by atoms with Crippen LogP contribution in [0, 0.1) is 12.7 Å². The maximum absolute atomic E-state index is 14.9. The van der Waals surface area contributed by atoms with Crippen LogP contribution in [0.3, 0.4) is 0 Å². The number of aliphatic imine (C=N–C) groups is 1. The van der Waals surface area contributed by atoms with Crippen LogP contribution in [0.1, 0.15) is 40.7 Å². The molecule has 12 heteroatoms. The molecule has 2 aromatic rings. The predicted octanol–water partition coefficient (Wildman–Crippen LogP) is 3.89. The molecular weight excluding hydrogens is 456 g/mol. The summed E-state index contributed by atoms with van der Waals surface area (Å²) >= 11 is 6.00. The molecule has 1 aliphatic rings. The van der Waals surface area contributed by atoms with Gasteiger partial charge in [-0.15, -0.1) is 0 Å². The first-order chi connectivity index (χ1) is 14.8. The summed E-state index contributed by atoms with van der Waals surface area (Å²) in [5.41, 5.74) is 4.16. The van der Waals surface area contributed by atoms with Crippen LogP contribution in [0.5, 0.6) is 5.88 Å². The van der Waals surface area contributed by atoms with Gasteiger partial charge in [-0.05, 0) is 31.5 Å². The first-order valence-corrected chi connectivity index (χ1v) is 9.70. The number of nitrogens with zero attached hydrogens (tertiary/aromatic N) is 3. The van der Waals surface area contributed by atoms with E-state index in [0.717, 1.165) is 0 Å². The van der Waals surface area contributed by atoms with Crippen molar-refractivity contribution in [1.82, 2.24) is 9.97 Å². The number of ketones is 1. The number of methoxy groups -OCH3 is 1. The topological polar surface area (TPSA) is 99.7 Å². The molecule has 3 rings (SSSR count). The molecule has 172 valence electrons. The summed E-state index contributed by atoms with van der Waals surface area (Å²) < 4.78 is 64.2. The number of hydrogen-bond acceptors (Lipinski definition) is 7. The summed E-state index contributed by atoms with van der Waals surface area (Å²) in [6.45, 7) is 2.87. The summed E-state index contributed by atoms with van der Waals surface area (Å²) in [6.07, 6.45) is -6.69. The van der Waals surface area contributed by atoms with Gasteiger partial charge in [0.2, 0.25) is 5.88 Å². The molecule has 0 saturated carbocycles. The fourth-order valence-corrected chi connectivity index (χ4v) is 3.70. The Labute approximate surface area is 185 Å². The van der Waals surface area contributed by atoms with E-state index < -0.39 is 41.9 Å². The first-order valence-electron chi connectivity index (χ1n) is 9.32. The zero-order valence-electron chi connectivity index (χ0n) is 17.3. The predicted molar refractivity (Wildman–Crippen MR) is 107 cm³/mol. The molecule has 7 nitrogen and oxygen atoms in total. The minimum atomic E-state index is -4.74. The van der Waals surface area contributed by atoms with Gasteiger partial charge >= 0.3 is 6.18 Å². The van der Waals surface area contributed by atoms with Crippen LogP contribution in [0.25, 0.3) is 0 Å². The molecule has 2 N–H and O–H groups in total. The smallest absolute Gasteiger partial charge is 0.425 e. The highest BCUT2D eigenvalue weighted by Crippen LogP contribution is 2.42. The third-order valence-corrected chi connectivity index (χ3v) is 5.27. The third-order valence-electron chi connectivity index (χ3n) is 5.00. The number of amidine groups is 1. The average Bonchev–Trinajstić information content (AvgIpc) is 2.68. The molecule has 0 aliphatic carbocycles. The van der Waals surface area contributed by atoms with Gasteiger partial charge < -0.3 is 15.2 Å². The van der Waals surface area contributed by atoms with Crippen LogP contribution in [0.4, 0.5) is 17.6 Å². The Hall–Kier alpha value is -2.95. The number of ether oxygens (including phenoxy) is 2. The summed E-state index contributed by atoms with van der Waals surface area (Å²) in [4.78, 5) is 24.8. The lowest BCUT2D eigenvalue weighted by Crippen LogP contribution is -2.46. The molecule has 32 heavy (non-hydrogen) atoms. The number of rotatable bonds is 5. The number of alkyl halides is 3. The lowest BCUT2D eigenvalue weighted by molar-refractivity contribution is -0.208. The van der Waals surface area contributed by atoms with Crippen molar-refractivity contribution < 1.29 is 31.8 Å². The van der Waals surface area contributed by atoms with Crippen LogP contribution in [0.15, 0.2) is 23.3 Å². The number of aryl methyl sites for hydroxylation is 1. The van der Waals surface area contributed by atoms with Gasteiger partial charge in [-0.25, -0.2) is 19.4 Å². The van der Waals surface area contributed by atoms with Crippen LogP contribution in [-0.2, 0) is 16.7 Å². The Kier molecular flexibility index (Phi) is 6.32. The van der Waals surface area contributed by atoms with E-state index >= 15 is 0 Å². The maximum Gasteiger partial charge on any atom is 0.425 e. The molecular formula is C20H19ClF4N4O3. The largest absolute Gasteiger partial charge is 0.480 e. The Morgan fingerprint density at radius 3 is 2.69 bits per heavy atom. The lowest BCUT2D eigenvalue weighted by Gasteiger charge is -2.36. The van der Waals surface area contributed by atoms with Crippen molar-refractivity contribution in [2.75, 3.05) is 7.11 Å². The minimum Gasteiger partial charge on any atom is -0.480 e. The van der Waals surface area contributed by atoms with Gasteiger partial charge in [-0.3, -0.25) is 4.79 Å². The van der Waals surface area contributed by atoms with Gasteiger partial charge in [0.05, 0.1) is 29.6 Å². The van der Waals surface area contributed by atoms with Crippen molar-refractivity contribution >= 4 is 23.4 Å². The van der Waals surface area contributed by atoms with Crippen molar-refractivity contribution in [3.05, 3.63) is 51.7 Å².